The smallest absolute Gasteiger partial charge is 0.412 e. The van der Waals surface area contributed by atoms with Gasteiger partial charge in [0.05, 0.1) is 0 Å². The Hall–Kier alpha value is -1.07. The monoisotopic (exact) mass is 342 g/mol. The second-order valence-corrected chi connectivity index (χ2v) is 6.86. The Morgan fingerprint density at radius 1 is 1.45 bits per heavy atom. The highest BCUT2D eigenvalue weighted by molar-refractivity contribution is 9.10. The number of anilines is 1. The van der Waals surface area contributed by atoms with Crippen LogP contribution in [0.2, 0.25) is 0 Å². The number of hydrogen-bond donors (Lipinski definition) is 2. The lowest BCUT2D eigenvalue weighted by molar-refractivity contribution is 0.0636. The maximum Gasteiger partial charge on any atom is 0.412 e. The summed E-state index contributed by atoms with van der Waals surface area (Å²) < 4.78 is 6.18. The van der Waals surface area contributed by atoms with Crippen molar-refractivity contribution in [2.24, 2.45) is 5.73 Å². The van der Waals surface area contributed by atoms with Crippen molar-refractivity contribution in [1.82, 2.24) is 0 Å². The molecule has 0 aliphatic carbocycles. The number of benzene rings is 1. The van der Waals surface area contributed by atoms with Gasteiger partial charge >= 0.3 is 6.09 Å². The van der Waals surface area contributed by atoms with E-state index in [-0.39, 0.29) is 6.04 Å². The molecular formula is C15H23BrN2O2. The molecule has 112 valence electrons. The molecule has 1 aromatic rings. The molecule has 0 aliphatic rings. The van der Waals surface area contributed by atoms with Gasteiger partial charge in [0.2, 0.25) is 0 Å². The summed E-state index contributed by atoms with van der Waals surface area (Å²) in [5.74, 6) is 0. The lowest BCUT2D eigenvalue weighted by Crippen LogP contribution is -2.27. The van der Waals surface area contributed by atoms with Gasteiger partial charge in [0.25, 0.3) is 0 Å². The van der Waals surface area contributed by atoms with Crippen LogP contribution in [0, 0.1) is 0 Å². The van der Waals surface area contributed by atoms with Gasteiger partial charge < -0.3 is 10.5 Å². The van der Waals surface area contributed by atoms with Gasteiger partial charge in [-0.2, -0.15) is 0 Å². The predicted molar refractivity (Wildman–Crippen MR) is 86.0 cm³/mol. The van der Waals surface area contributed by atoms with Crippen LogP contribution in [0.3, 0.4) is 0 Å². The summed E-state index contributed by atoms with van der Waals surface area (Å²) in [6, 6.07) is 5.95. The SMILES string of the molecule is C[C@H](N)CCc1ccc(Br)cc1NC(=O)OC(C)(C)C. The molecule has 0 heterocycles. The lowest BCUT2D eigenvalue weighted by Gasteiger charge is -2.20. The van der Waals surface area contributed by atoms with Gasteiger partial charge in [0.1, 0.15) is 5.60 Å². The van der Waals surface area contributed by atoms with Crippen molar-refractivity contribution in [3.63, 3.8) is 0 Å². The number of carbonyl (C=O) groups excluding carboxylic acids is 1. The van der Waals surface area contributed by atoms with Crippen LogP contribution in [-0.4, -0.2) is 17.7 Å². The molecule has 0 saturated carbocycles. The lowest BCUT2D eigenvalue weighted by atomic mass is 10.0. The zero-order valence-corrected chi connectivity index (χ0v) is 14.1. The molecule has 20 heavy (non-hydrogen) atoms. The molecule has 1 aromatic carbocycles. The second-order valence-electron chi connectivity index (χ2n) is 5.94. The van der Waals surface area contributed by atoms with Crippen molar-refractivity contribution in [2.75, 3.05) is 5.32 Å². The van der Waals surface area contributed by atoms with Crippen LogP contribution in [0.25, 0.3) is 0 Å². The van der Waals surface area contributed by atoms with Crippen molar-refractivity contribution in [1.29, 1.82) is 0 Å². The zero-order valence-electron chi connectivity index (χ0n) is 12.5. The number of aryl methyl sites for hydroxylation is 1. The molecule has 1 rings (SSSR count). The van der Waals surface area contributed by atoms with E-state index in [9.17, 15) is 4.79 Å². The highest BCUT2D eigenvalue weighted by Crippen LogP contribution is 2.23. The second kappa shape index (κ2) is 7.09. The third-order valence-corrected chi connectivity index (χ3v) is 3.07. The molecule has 4 nitrogen and oxygen atoms in total. The van der Waals surface area contributed by atoms with Crippen molar-refractivity contribution in [2.45, 2.75) is 52.2 Å². The summed E-state index contributed by atoms with van der Waals surface area (Å²) in [6.45, 7) is 7.49. The number of ether oxygens (including phenoxy) is 1. The van der Waals surface area contributed by atoms with Crippen molar-refractivity contribution >= 4 is 27.7 Å². The van der Waals surface area contributed by atoms with Gasteiger partial charge in [-0.05, 0) is 58.2 Å². The molecule has 0 aromatic heterocycles. The molecule has 0 bridgehead atoms. The molecule has 0 aliphatic heterocycles. The Balaban J connectivity index is 2.81. The standard InChI is InChI=1S/C15H23BrN2O2/c1-10(17)5-6-11-7-8-12(16)9-13(11)18-14(19)20-15(2,3)4/h7-10H,5-6,17H2,1-4H3,(H,18,19)/t10-/m0/s1. The third kappa shape index (κ3) is 6.39. The number of nitrogens with one attached hydrogen (secondary N) is 1. The van der Waals surface area contributed by atoms with Crippen molar-refractivity contribution in [3.05, 3.63) is 28.2 Å². The summed E-state index contributed by atoms with van der Waals surface area (Å²) >= 11 is 3.41. The average molecular weight is 343 g/mol. The van der Waals surface area contributed by atoms with E-state index in [4.69, 9.17) is 10.5 Å². The van der Waals surface area contributed by atoms with E-state index < -0.39 is 11.7 Å². The molecule has 5 heteroatoms. The number of hydrogen-bond acceptors (Lipinski definition) is 3. The highest BCUT2D eigenvalue weighted by atomic mass is 79.9. The Kier molecular flexibility index (Phi) is 6.02. The number of rotatable bonds is 4. The number of amides is 1. The van der Waals surface area contributed by atoms with Gasteiger partial charge in [0, 0.05) is 16.2 Å². The van der Waals surface area contributed by atoms with Crippen LogP contribution < -0.4 is 11.1 Å². The van der Waals surface area contributed by atoms with E-state index in [1.807, 2.05) is 45.9 Å². The zero-order chi connectivity index (χ0) is 15.3. The first-order chi connectivity index (χ1) is 9.17. The Bertz CT molecular complexity index is 467. The summed E-state index contributed by atoms with van der Waals surface area (Å²) in [7, 11) is 0. The molecular weight excluding hydrogens is 320 g/mol. The normalized spacial score (nSPS) is 12.9. The summed E-state index contributed by atoms with van der Waals surface area (Å²) in [5.41, 5.74) is 7.08. The largest absolute Gasteiger partial charge is 0.444 e. The Morgan fingerprint density at radius 3 is 2.65 bits per heavy atom. The summed E-state index contributed by atoms with van der Waals surface area (Å²) in [6.07, 6.45) is 1.23. The third-order valence-electron chi connectivity index (χ3n) is 2.58. The van der Waals surface area contributed by atoms with Crippen LogP contribution in [-0.2, 0) is 11.2 Å². The Labute approximate surface area is 129 Å². The van der Waals surface area contributed by atoms with E-state index in [0.717, 1.165) is 28.6 Å². The fraction of sp³-hybridized carbons (Fsp3) is 0.533. The highest BCUT2D eigenvalue weighted by Gasteiger charge is 2.17. The van der Waals surface area contributed by atoms with Crippen molar-refractivity contribution < 1.29 is 9.53 Å². The Morgan fingerprint density at radius 2 is 2.10 bits per heavy atom. The maximum absolute atomic E-state index is 11.9. The first-order valence-corrected chi connectivity index (χ1v) is 7.50. The van der Waals surface area contributed by atoms with E-state index in [0.29, 0.717) is 0 Å². The summed E-state index contributed by atoms with van der Waals surface area (Å²) in [4.78, 5) is 11.9. The molecule has 0 saturated heterocycles. The van der Waals surface area contributed by atoms with Gasteiger partial charge in [-0.1, -0.05) is 22.0 Å². The fourth-order valence-corrected chi connectivity index (χ4v) is 2.04. The van der Waals surface area contributed by atoms with E-state index in [1.54, 1.807) is 0 Å². The maximum atomic E-state index is 11.9. The van der Waals surface area contributed by atoms with Crippen LogP contribution in [0.5, 0.6) is 0 Å². The minimum Gasteiger partial charge on any atom is -0.444 e. The topological polar surface area (TPSA) is 64.3 Å². The van der Waals surface area contributed by atoms with Crippen molar-refractivity contribution in [3.8, 4) is 0 Å². The summed E-state index contributed by atoms with van der Waals surface area (Å²) in [5, 5.41) is 2.80. The fourth-order valence-electron chi connectivity index (χ4n) is 1.68. The van der Waals surface area contributed by atoms with E-state index >= 15 is 0 Å². The van der Waals surface area contributed by atoms with Crippen LogP contribution in [0.15, 0.2) is 22.7 Å². The van der Waals surface area contributed by atoms with Crippen LogP contribution >= 0.6 is 15.9 Å². The predicted octanol–water partition coefficient (Wildman–Crippen LogP) is 4.08. The first kappa shape index (κ1) is 17.0. The van der Waals surface area contributed by atoms with E-state index in [1.165, 1.54) is 0 Å². The van der Waals surface area contributed by atoms with Gasteiger partial charge in [0.15, 0.2) is 0 Å². The first-order valence-electron chi connectivity index (χ1n) is 6.71. The molecule has 0 fully saturated rings. The minimum atomic E-state index is -0.512. The number of halogens is 1. The molecule has 1 atom stereocenters. The number of carbonyl (C=O) groups is 1. The van der Waals surface area contributed by atoms with Gasteiger partial charge in [-0.3, -0.25) is 5.32 Å². The number of nitrogens with two attached hydrogens (primary N) is 1. The molecule has 0 unspecified atom stereocenters. The molecule has 0 radical (unpaired) electrons. The van der Waals surface area contributed by atoms with Crippen LogP contribution in [0.4, 0.5) is 10.5 Å². The van der Waals surface area contributed by atoms with Gasteiger partial charge in [-0.25, -0.2) is 4.79 Å². The molecule has 3 N–H and O–H groups in total. The average Bonchev–Trinajstić information content (AvgIpc) is 2.24. The molecule has 0 spiro atoms. The van der Waals surface area contributed by atoms with E-state index in [2.05, 4.69) is 21.2 Å². The van der Waals surface area contributed by atoms with Crippen LogP contribution in [0.1, 0.15) is 39.7 Å². The molecule has 1 amide bonds. The quantitative estimate of drug-likeness (QED) is 0.866. The van der Waals surface area contributed by atoms with Gasteiger partial charge in [-0.15, -0.1) is 0 Å². The minimum absolute atomic E-state index is 0.132.